The van der Waals surface area contributed by atoms with Gasteiger partial charge in [0.15, 0.2) is 0 Å². The summed E-state index contributed by atoms with van der Waals surface area (Å²) in [6, 6.07) is 10.1. The maximum atomic E-state index is 11.9. The molecule has 0 fully saturated rings. The number of rotatable bonds is 5. The molecular formula is C15H11ClN4O3S2. The van der Waals surface area contributed by atoms with Crippen molar-refractivity contribution in [3.63, 3.8) is 0 Å². The van der Waals surface area contributed by atoms with Crippen molar-refractivity contribution in [2.75, 3.05) is 5.75 Å². The summed E-state index contributed by atoms with van der Waals surface area (Å²) < 4.78 is 5.46. The number of hydrogen-bond acceptors (Lipinski definition) is 7. The summed E-state index contributed by atoms with van der Waals surface area (Å²) in [5.74, 6) is -0.405. The smallest absolute Gasteiger partial charge is 0.277 e. The van der Waals surface area contributed by atoms with Gasteiger partial charge in [-0.1, -0.05) is 29.4 Å². The van der Waals surface area contributed by atoms with Gasteiger partial charge in [0.25, 0.3) is 17.0 Å². The highest BCUT2D eigenvalue weighted by molar-refractivity contribution is 7.99. The number of aromatic nitrogens is 2. The van der Waals surface area contributed by atoms with Crippen molar-refractivity contribution in [1.29, 1.82) is 0 Å². The number of hydrazine groups is 1. The van der Waals surface area contributed by atoms with E-state index in [0.29, 0.717) is 16.5 Å². The minimum absolute atomic E-state index is 0.0208. The number of carbonyl (C=O) groups excluding carboxylic acids is 2. The monoisotopic (exact) mass is 394 g/mol. The first kappa shape index (κ1) is 17.5. The molecule has 0 aliphatic rings. The van der Waals surface area contributed by atoms with Gasteiger partial charge in [0, 0.05) is 10.6 Å². The average molecular weight is 395 g/mol. The molecule has 10 heteroatoms. The van der Waals surface area contributed by atoms with E-state index in [1.165, 1.54) is 11.3 Å². The molecule has 2 heterocycles. The number of hydrogen-bond donors (Lipinski definition) is 2. The molecule has 0 saturated carbocycles. The van der Waals surface area contributed by atoms with Crippen molar-refractivity contribution in [2.24, 2.45) is 0 Å². The zero-order valence-corrected chi connectivity index (χ0v) is 15.0. The summed E-state index contributed by atoms with van der Waals surface area (Å²) >= 11 is 8.32. The third-order valence-electron chi connectivity index (χ3n) is 2.89. The number of nitrogens with one attached hydrogen (secondary N) is 2. The summed E-state index contributed by atoms with van der Waals surface area (Å²) in [6.07, 6.45) is 0. The molecule has 128 valence electrons. The second-order valence-corrected chi connectivity index (χ2v) is 6.96. The highest BCUT2D eigenvalue weighted by Crippen LogP contribution is 2.26. The van der Waals surface area contributed by atoms with E-state index < -0.39 is 11.8 Å². The van der Waals surface area contributed by atoms with Crippen LogP contribution in [0.5, 0.6) is 0 Å². The lowest BCUT2D eigenvalue weighted by atomic mass is 10.2. The van der Waals surface area contributed by atoms with Crippen LogP contribution in [0.2, 0.25) is 5.02 Å². The van der Waals surface area contributed by atoms with Crippen LogP contribution in [-0.2, 0) is 4.79 Å². The van der Waals surface area contributed by atoms with E-state index >= 15 is 0 Å². The number of thioether (sulfide) groups is 1. The van der Waals surface area contributed by atoms with Gasteiger partial charge in [-0.25, -0.2) is 0 Å². The molecule has 0 saturated heterocycles. The van der Waals surface area contributed by atoms with Crippen LogP contribution in [0.1, 0.15) is 10.4 Å². The molecule has 1 aromatic carbocycles. The molecule has 0 spiro atoms. The molecule has 2 N–H and O–H groups in total. The van der Waals surface area contributed by atoms with Crippen LogP contribution in [0.25, 0.3) is 10.8 Å². The molecule has 0 bridgehead atoms. The second kappa shape index (κ2) is 8.15. The van der Waals surface area contributed by atoms with E-state index in [1.807, 2.05) is 17.5 Å². The lowest BCUT2D eigenvalue weighted by molar-refractivity contribution is -0.119. The van der Waals surface area contributed by atoms with Gasteiger partial charge < -0.3 is 4.42 Å². The van der Waals surface area contributed by atoms with Crippen LogP contribution >= 0.6 is 34.7 Å². The van der Waals surface area contributed by atoms with Gasteiger partial charge in [-0.05, 0) is 35.7 Å². The Morgan fingerprint density at radius 3 is 2.68 bits per heavy atom. The molecule has 0 atom stereocenters. The Bertz CT molecular complexity index is 865. The van der Waals surface area contributed by atoms with Gasteiger partial charge in [-0.15, -0.1) is 21.5 Å². The molecule has 2 aromatic heterocycles. The van der Waals surface area contributed by atoms with Gasteiger partial charge in [-0.3, -0.25) is 20.4 Å². The van der Waals surface area contributed by atoms with E-state index in [2.05, 4.69) is 21.0 Å². The quantitative estimate of drug-likeness (QED) is 0.510. The van der Waals surface area contributed by atoms with Gasteiger partial charge in [0.1, 0.15) is 0 Å². The molecule has 0 unspecified atom stereocenters. The zero-order chi connectivity index (χ0) is 17.6. The molecule has 0 radical (unpaired) electrons. The van der Waals surface area contributed by atoms with Crippen LogP contribution < -0.4 is 10.9 Å². The summed E-state index contributed by atoms with van der Waals surface area (Å²) in [7, 11) is 0. The zero-order valence-electron chi connectivity index (χ0n) is 12.6. The Balaban J connectivity index is 1.45. The van der Waals surface area contributed by atoms with Crippen LogP contribution in [0.4, 0.5) is 0 Å². The molecule has 2 amide bonds. The van der Waals surface area contributed by atoms with E-state index in [9.17, 15) is 9.59 Å². The van der Waals surface area contributed by atoms with Crippen molar-refractivity contribution >= 4 is 46.5 Å². The first-order chi connectivity index (χ1) is 12.1. The Hall–Kier alpha value is -2.36. The molecule has 7 nitrogen and oxygen atoms in total. The van der Waals surface area contributed by atoms with Gasteiger partial charge in [0.2, 0.25) is 5.91 Å². The molecular weight excluding hydrogens is 384 g/mol. The fourth-order valence-electron chi connectivity index (χ4n) is 1.73. The average Bonchev–Trinajstić information content (AvgIpc) is 3.29. The maximum absolute atomic E-state index is 11.9. The summed E-state index contributed by atoms with van der Waals surface area (Å²) in [4.78, 5) is 24.5. The number of carbonyl (C=O) groups is 2. The first-order valence-corrected chi connectivity index (χ1v) is 9.21. The predicted octanol–water partition coefficient (Wildman–Crippen LogP) is 3.00. The number of halogens is 1. The van der Waals surface area contributed by atoms with Gasteiger partial charge in [0.05, 0.1) is 10.6 Å². The summed E-state index contributed by atoms with van der Waals surface area (Å²) in [5.41, 5.74) is 5.03. The third kappa shape index (κ3) is 4.81. The Morgan fingerprint density at radius 1 is 1.16 bits per heavy atom. The summed E-state index contributed by atoms with van der Waals surface area (Å²) in [6.45, 7) is 0. The van der Waals surface area contributed by atoms with Gasteiger partial charge in [-0.2, -0.15) is 0 Å². The molecule has 3 rings (SSSR count). The Labute approximate surface area is 155 Å². The predicted molar refractivity (Wildman–Crippen MR) is 95.4 cm³/mol. The third-order valence-corrected chi connectivity index (χ3v) is 4.82. The maximum Gasteiger partial charge on any atom is 0.277 e. The van der Waals surface area contributed by atoms with Crippen LogP contribution in [0, 0.1) is 0 Å². The lowest BCUT2D eigenvalue weighted by Gasteiger charge is -2.06. The molecule has 25 heavy (non-hydrogen) atoms. The first-order valence-electron chi connectivity index (χ1n) is 6.97. The van der Waals surface area contributed by atoms with Crippen molar-refractivity contribution in [3.05, 3.63) is 52.4 Å². The van der Waals surface area contributed by atoms with Crippen molar-refractivity contribution in [2.45, 2.75) is 5.22 Å². The topological polar surface area (TPSA) is 97.1 Å². The number of nitrogens with zero attached hydrogens (tertiary/aromatic N) is 2. The minimum atomic E-state index is -0.437. The van der Waals surface area contributed by atoms with E-state index in [-0.39, 0.29) is 11.0 Å². The molecule has 0 aliphatic heterocycles. The second-order valence-electron chi connectivity index (χ2n) is 4.65. The standard InChI is InChI=1S/C15H11ClN4O3S2/c16-10-5-3-9(4-6-10)13(22)18-17-12(21)8-25-15-20-19-14(23-15)11-2-1-7-24-11/h1-7H,8H2,(H,17,21)(H,18,22). The fourth-order valence-corrected chi connectivity index (χ4v) is 3.06. The number of thiophene rings is 1. The lowest BCUT2D eigenvalue weighted by Crippen LogP contribution is -2.42. The van der Waals surface area contributed by atoms with Crippen LogP contribution in [0.15, 0.2) is 51.4 Å². The van der Waals surface area contributed by atoms with E-state index in [1.54, 1.807) is 24.3 Å². The van der Waals surface area contributed by atoms with Crippen LogP contribution in [0.3, 0.4) is 0 Å². The SMILES string of the molecule is O=C(CSc1nnc(-c2cccs2)o1)NNC(=O)c1ccc(Cl)cc1. The molecule has 3 aromatic rings. The van der Waals surface area contributed by atoms with Gasteiger partial charge >= 0.3 is 0 Å². The highest BCUT2D eigenvalue weighted by Gasteiger charge is 2.12. The highest BCUT2D eigenvalue weighted by atomic mass is 35.5. The van der Waals surface area contributed by atoms with Crippen molar-refractivity contribution in [3.8, 4) is 10.8 Å². The van der Waals surface area contributed by atoms with Crippen molar-refractivity contribution in [1.82, 2.24) is 21.0 Å². The Morgan fingerprint density at radius 2 is 1.96 bits per heavy atom. The number of amides is 2. The largest absolute Gasteiger partial charge is 0.410 e. The van der Waals surface area contributed by atoms with Crippen molar-refractivity contribution < 1.29 is 14.0 Å². The van der Waals surface area contributed by atoms with E-state index in [4.69, 9.17) is 16.0 Å². The van der Waals surface area contributed by atoms with Crippen LogP contribution in [-0.4, -0.2) is 27.8 Å². The normalized spacial score (nSPS) is 10.4. The Kier molecular flexibility index (Phi) is 5.69. The molecule has 0 aliphatic carbocycles. The fraction of sp³-hybridized carbons (Fsp3) is 0.0667. The number of benzene rings is 1. The minimum Gasteiger partial charge on any atom is -0.410 e. The summed E-state index contributed by atoms with van der Waals surface area (Å²) in [5, 5.41) is 10.5. The van der Waals surface area contributed by atoms with E-state index in [0.717, 1.165) is 16.6 Å².